The van der Waals surface area contributed by atoms with Gasteiger partial charge in [-0.15, -0.1) is 0 Å². The Labute approximate surface area is 110 Å². The molecule has 1 aromatic rings. The summed E-state index contributed by atoms with van der Waals surface area (Å²) in [6.45, 7) is 0.867. The smallest absolute Gasteiger partial charge is 0.416 e. The molecule has 5 heteroatoms. The van der Waals surface area contributed by atoms with E-state index in [1.165, 1.54) is 12.1 Å². The summed E-state index contributed by atoms with van der Waals surface area (Å²) in [7, 11) is 0. The monoisotopic (exact) mass is 274 g/mol. The second kappa shape index (κ2) is 7.81. The van der Waals surface area contributed by atoms with Gasteiger partial charge in [0, 0.05) is 0 Å². The largest absolute Gasteiger partial charge is 0.468 e. The van der Waals surface area contributed by atoms with Gasteiger partial charge in [0.1, 0.15) is 0 Å². The van der Waals surface area contributed by atoms with E-state index in [1.54, 1.807) is 0 Å². The molecule has 0 radical (unpaired) electrons. The van der Waals surface area contributed by atoms with Crippen LogP contribution in [0.1, 0.15) is 36.8 Å². The molecule has 0 aliphatic carbocycles. The third-order valence-corrected chi connectivity index (χ3v) is 2.83. The average Bonchev–Trinajstić information content (AvgIpc) is 2.37. The third kappa shape index (κ3) is 6.27. The van der Waals surface area contributed by atoms with Crippen molar-refractivity contribution >= 4 is 6.47 Å². The van der Waals surface area contributed by atoms with E-state index < -0.39 is 11.7 Å². The van der Waals surface area contributed by atoms with Gasteiger partial charge in [-0.3, -0.25) is 4.79 Å². The highest BCUT2D eigenvalue weighted by Gasteiger charge is 2.29. The molecule has 0 fully saturated rings. The molecule has 2 nitrogen and oxygen atoms in total. The molecular weight excluding hydrogens is 257 g/mol. The molecule has 0 saturated carbocycles. The van der Waals surface area contributed by atoms with Crippen LogP contribution in [0, 0.1) is 0 Å². The summed E-state index contributed by atoms with van der Waals surface area (Å²) < 4.78 is 41.6. The summed E-state index contributed by atoms with van der Waals surface area (Å²) in [4.78, 5) is 9.87. The van der Waals surface area contributed by atoms with Crippen LogP contribution in [0.2, 0.25) is 0 Å². The molecule has 0 aromatic heterocycles. The summed E-state index contributed by atoms with van der Waals surface area (Å²) >= 11 is 0. The van der Waals surface area contributed by atoms with Crippen LogP contribution >= 0.6 is 0 Å². The Kier molecular flexibility index (Phi) is 6.39. The van der Waals surface area contributed by atoms with Gasteiger partial charge in [-0.05, 0) is 37.0 Å². The number of carbonyl (C=O) groups is 1. The Morgan fingerprint density at radius 1 is 1.00 bits per heavy atom. The number of hydrogen-bond donors (Lipinski definition) is 0. The van der Waals surface area contributed by atoms with Crippen molar-refractivity contribution in [2.75, 3.05) is 6.61 Å². The number of halogens is 3. The lowest BCUT2D eigenvalue weighted by Gasteiger charge is -2.07. The van der Waals surface area contributed by atoms with Crippen molar-refractivity contribution in [1.82, 2.24) is 0 Å². The normalized spacial score (nSPS) is 11.3. The molecule has 0 N–H and O–H groups in total. The fourth-order valence-corrected chi connectivity index (χ4v) is 1.78. The maximum absolute atomic E-state index is 12.3. The lowest BCUT2D eigenvalue weighted by Crippen LogP contribution is -2.04. The second-order valence-corrected chi connectivity index (χ2v) is 4.33. The minimum atomic E-state index is -4.27. The Balaban J connectivity index is 2.21. The van der Waals surface area contributed by atoms with E-state index in [2.05, 4.69) is 4.74 Å². The van der Waals surface area contributed by atoms with E-state index in [9.17, 15) is 18.0 Å². The summed E-state index contributed by atoms with van der Waals surface area (Å²) in [6.07, 6.45) is 0.180. The van der Waals surface area contributed by atoms with Crippen molar-refractivity contribution in [1.29, 1.82) is 0 Å². The minimum absolute atomic E-state index is 0.433. The van der Waals surface area contributed by atoms with E-state index in [0.717, 1.165) is 49.8 Å². The van der Waals surface area contributed by atoms with Crippen molar-refractivity contribution in [3.8, 4) is 0 Å². The van der Waals surface area contributed by atoms with Crippen LogP contribution in [0.25, 0.3) is 0 Å². The van der Waals surface area contributed by atoms with Gasteiger partial charge in [0.15, 0.2) is 0 Å². The standard InChI is InChI=1S/C14H17F3O2/c15-14(16,17)13-8-6-12(7-9-13)5-3-1-2-4-10-19-11-18/h6-9,11H,1-5,10H2. The number of benzene rings is 1. The van der Waals surface area contributed by atoms with E-state index in [4.69, 9.17) is 0 Å². The number of aryl methyl sites for hydroxylation is 1. The maximum atomic E-state index is 12.3. The van der Waals surface area contributed by atoms with E-state index >= 15 is 0 Å². The first kappa shape index (κ1) is 15.5. The third-order valence-electron chi connectivity index (χ3n) is 2.83. The van der Waals surface area contributed by atoms with Crippen LogP contribution in [0.4, 0.5) is 13.2 Å². The zero-order valence-electron chi connectivity index (χ0n) is 10.6. The molecule has 0 bridgehead atoms. The lowest BCUT2D eigenvalue weighted by atomic mass is 10.0. The number of unbranched alkanes of at least 4 members (excludes halogenated alkanes) is 3. The highest BCUT2D eigenvalue weighted by molar-refractivity contribution is 5.36. The highest BCUT2D eigenvalue weighted by atomic mass is 19.4. The van der Waals surface area contributed by atoms with Crippen LogP contribution in [-0.4, -0.2) is 13.1 Å². The van der Waals surface area contributed by atoms with Crippen LogP contribution < -0.4 is 0 Å². The first-order valence-electron chi connectivity index (χ1n) is 6.25. The SMILES string of the molecule is O=COCCCCCCc1ccc(C(F)(F)F)cc1. The van der Waals surface area contributed by atoms with Gasteiger partial charge in [0.05, 0.1) is 12.2 Å². The summed E-state index contributed by atoms with van der Waals surface area (Å²) in [5.74, 6) is 0. The molecule has 0 spiro atoms. The fourth-order valence-electron chi connectivity index (χ4n) is 1.78. The van der Waals surface area contributed by atoms with Gasteiger partial charge in [0.2, 0.25) is 0 Å². The molecule has 0 aliphatic rings. The van der Waals surface area contributed by atoms with Gasteiger partial charge in [-0.2, -0.15) is 13.2 Å². The zero-order chi connectivity index (χ0) is 14.1. The zero-order valence-corrected chi connectivity index (χ0v) is 10.6. The molecule has 0 atom stereocenters. The van der Waals surface area contributed by atoms with Crippen LogP contribution in [0.15, 0.2) is 24.3 Å². The summed E-state index contributed by atoms with van der Waals surface area (Å²) in [6, 6.07) is 5.29. The minimum Gasteiger partial charge on any atom is -0.468 e. The molecule has 0 heterocycles. The van der Waals surface area contributed by atoms with Crippen LogP contribution in [-0.2, 0) is 22.1 Å². The molecule has 106 valence electrons. The Morgan fingerprint density at radius 3 is 2.21 bits per heavy atom. The first-order chi connectivity index (χ1) is 9.04. The first-order valence-corrected chi connectivity index (χ1v) is 6.25. The number of carbonyl (C=O) groups excluding carboxylic acids is 1. The quantitative estimate of drug-likeness (QED) is 0.529. The van der Waals surface area contributed by atoms with Gasteiger partial charge in [-0.1, -0.05) is 25.0 Å². The molecule has 1 aromatic carbocycles. The number of alkyl halides is 3. The fraction of sp³-hybridized carbons (Fsp3) is 0.500. The molecule has 19 heavy (non-hydrogen) atoms. The summed E-state index contributed by atoms with van der Waals surface area (Å²) in [5, 5.41) is 0. The number of hydrogen-bond acceptors (Lipinski definition) is 2. The van der Waals surface area contributed by atoms with Gasteiger partial charge >= 0.3 is 6.18 Å². The van der Waals surface area contributed by atoms with Gasteiger partial charge in [0.25, 0.3) is 6.47 Å². The molecule has 0 saturated heterocycles. The topological polar surface area (TPSA) is 26.3 Å². The van der Waals surface area contributed by atoms with E-state index in [1.807, 2.05) is 0 Å². The summed E-state index contributed by atoms with van der Waals surface area (Å²) in [5.41, 5.74) is 0.305. The van der Waals surface area contributed by atoms with Gasteiger partial charge in [-0.25, -0.2) is 0 Å². The van der Waals surface area contributed by atoms with Crippen molar-refractivity contribution in [2.45, 2.75) is 38.3 Å². The molecular formula is C14H17F3O2. The Bertz CT molecular complexity index is 371. The van der Waals surface area contributed by atoms with E-state index in [0.29, 0.717) is 13.1 Å². The van der Waals surface area contributed by atoms with Gasteiger partial charge < -0.3 is 4.74 Å². The molecule has 0 amide bonds. The van der Waals surface area contributed by atoms with Crippen molar-refractivity contribution in [2.24, 2.45) is 0 Å². The Hall–Kier alpha value is -1.52. The van der Waals surface area contributed by atoms with E-state index in [-0.39, 0.29) is 0 Å². The molecule has 0 unspecified atom stereocenters. The predicted octanol–water partition coefficient (Wildman–Crippen LogP) is 3.98. The Morgan fingerprint density at radius 2 is 1.63 bits per heavy atom. The number of rotatable bonds is 8. The number of ether oxygens (including phenoxy) is 1. The highest BCUT2D eigenvalue weighted by Crippen LogP contribution is 2.29. The van der Waals surface area contributed by atoms with Crippen molar-refractivity contribution in [3.63, 3.8) is 0 Å². The lowest BCUT2D eigenvalue weighted by molar-refractivity contribution is -0.137. The average molecular weight is 274 g/mol. The predicted molar refractivity (Wildman–Crippen MR) is 65.6 cm³/mol. The molecule has 1 rings (SSSR count). The van der Waals surface area contributed by atoms with Crippen LogP contribution in [0.5, 0.6) is 0 Å². The molecule has 0 aliphatic heterocycles. The van der Waals surface area contributed by atoms with Crippen molar-refractivity contribution in [3.05, 3.63) is 35.4 Å². The van der Waals surface area contributed by atoms with Crippen LogP contribution in [0.3, 0.4) is 0 Å². The van der Waals surface area contributed by atoms with Crippen molar-refractivity contribution < 1.29 is 22.7 Å². The maximum Gasteiger partial charge on any atom is 0.416 e. The second-order valence-electron chi connectivity index (χ2n) is 4.33.